The van der Waals surface area contributed by atoms with Crippen LogP contribution in [0.1, 0.15) is 24.1 Å². The van der Waals surface area contributed by atoms with E-state index in [0.29, 0.717) is 13.1 Å². The molecule has 5 heteroatoms. The highest BCUT2D eigenvalue weighted by Crippen LogP contribution is 2.15. The maximum Gasteiger partial charge on any atom is 0.240 e. The molecule has 3 aromatic rings. The lowest BCUT2D eigenvalue weighted by Crippen LogP contribution is -2.26. The number of rotatable bonds is 5. The van der Waals surface area contributed by atoms with E-state index in [1.54, 1.807) is 0 Å². The van der Waals surface area contributed by atoms with Crippen LogP contribution in [-0.4, -0.2) is 10.5 Å². The van der Waals surface area contributed by atoms with Crippen LogP contribution in [0.15, 0.2) is 60.8 Å². The fourth-order valence-corrected chi connectivity index (χ4v) is 2.63. The lowest BCUT2D eigenvalue weighted by Gasteiger charge is -2.09. The second-order valence-electron chi connectivity index (χ2n) is 5.81. The quantitative estimate of drug-likeness (QED) is 0.746. The summed E-state index contributed by atoms with van der Waals surface area (Å²) < 4.78 is 1.96. The first kappa shape index (κ1) is 18.0. The van der Waals surface area contributed by atoms with Crippen LogP contribution in [-0.2, 0) is 17.9 Å². The first-order valence-electron chi connectivity index (χ1n) is 7.78. The van der Waals surface area contributed by atoms with Crippen molar-refractivity contribution >= 4 is 29.2 Å². The van der Waals surface area contributed by atoms with Crippen molar-refractivity contribution in [1.29, 1.82) is 0 Å². The number of carbonyl (C=O) groups excluding carboxylic acids is 1. The number of para-hydroxylation sites is 1. The van der Waals surface area contributed by atoms with Crippen LogP contribution in [0.3, 0.4) is 0 Å². The summed E-state index contributed by atoms with van der Waals surface area (Å²) in [5, 5.41) is 4.10. The fraction of sp³-hybridized carbons (Fsp3) is 0.211. The zero-order valence-corrected chi connectivity index (χ0v) is 14.4. The maximum absolute atomic E-state index is 12.2. The number of nitrogens with one attached hydrogen (secondary N) is 1. The summed E-state index contributed by atoms with van der Waals surface area (Å²) in [5.74, 6) is 0.00243. The molecule has 0 radical (unpaired) electrons. The van der Waals surface area contributed by atoms with Gasteiger partial charge in [0, 0.05) is 24.3 Å². The second-order valence-corrected chi connectivity index (χ2v) is 5.81. The number of hydrogen-bond acceptors (Lipinski definition) is 2. The van der Waals surface area contributed by atoms with Gasteiger partial charge in [0.25, 0.3) is 0 Å². The molecule has 0 aliphatic heterocycles. The molecule has 4 nitrogen and oxygen atoms in total. The number of halogens is 1. The second kappa shape index (κ2) is 7.99. The maximum atomic E-state index is 12.2. The van der Waals surface area contributed by atoms with Crippen molar-refractivity contribution in [2.24, 2.45) is 5.73 Å². The number of fused-ring (bicyclic) bond motifs is 1. The van der Waals surface area contributed by atoms with Gasteiger partial charge in [-0.15, -0.1) is 12.4 Å². The molecule has 3 rings (SSSR count). The third kappa shape index (κ3) is 4.16. The minimum Gasteiger partial charge on any atom is -0.350 e. The Hall–Kier alpha value is -2.30. The van der Waals surface area contributed by atoms with Gasteiger partial charge < -0.3 is 15.6 Å². The average Bonchev–Trinajstić information content (AvgIpc) is 2.96. The number of benzene rings is 2. The fourth-order valence-electron chi connectivity index (χ4n) is 2.63. The highest BCUT2D eigenvalue weighted by atomic mass is 35.5. The molecule has 0 fully saturated rings. The zero-order chi connectivity index (χ0) is 16.2. The number of nitrogens with zero attached hydrogens (tertiary/aromatic N) is 1. The van der Waals surface area contributed by atoms with Crippen LogP contribution < -0.4 is 11.1 Å². The summed E-state index contributed by atoms with van der Waals surface area (Å²) in [7, 11) is 0. The topological polar surface area (TPSA) is 60.0 Å². The Bertz CT molecular complexity index is 809. The van der Waals surface area contributed by atoms with Crippen LogP contribution in [0.5, 0.6) is 0 Å². The minimum atomic E-state index is 0. The van der Waals surface area contributed by atoms with Gasteiger partial charge in [-0.3, -0.25) is 4.79 Å². The monoisotopic (exact) mass is 343 g/mol. The van der Waals surface area contributed by atoms with Gasteiger partial charge in [-0.1, -0.05) is 42.5 Å². The van der Waals surface area contributed by atoms with Crippen molar-refractivity contribution in [3.8, 4) is 0 Å². The third-order valence-corrected chi connectivity index (χ3v) is 3.99. The average molecular weight is 344 g/mol. The normalized spacial score (nSPS) is 11.8. The largest absolute Gasteiger partial charge is 0.350 e. The Morgan fingerprint density at radius 2 is 1.83 bits per heavy atom. The predicted molar refractivity (Wildman–Crippen MR) is 100 cm³/mol. The van der Waals surface area contributed by atoms with E-state index in [9.17, 15) is 4.79 Å². The Balaban J connectivity index is 0.00000208. The summed E-state index contributed by atoms with van der Waals surface area (Å²) >= 11 is 0. The molecule has 0 saturated heterocycles. The van der Waals surface area contributed by atoms with E-state index in [1.807, 2.05) is 72.3 Å². The molecule has 1 amide bonds. The van der Waals surface area contributed by atoms with Gasteiger partial charge in [-0.05, 0) is 35.6 Å². The number of carbonyl (C=O) groups is 1. The van der Waals surface area contributed by atoms with Crippen molar-refractivity contribution in [2.75, 3.05) is 0 Å². The molecule has 1 aromatic heterocycles. The van der Waals surface area contributed by atoms with Gasteiger partial charge in [0.1, 0.15) is 6.54 Å². The van der Waals surface area contributed by atoms with Gasteiger partial charge in [-0.2, -0.15) is 0 Å². The minimum absolute atomic E-state index is 0. The van der Waals surface area contributed by atoms with Crippen LogP contribution in [0, 0.1) is 0 Å². The van der Waals surface area contributed by atoms with Crippen molar-refractivity contribution in [2.45, 2.75) is 26.1 Å². The standard InChI is InChI=1S/C19H21N3O.ClH/c1-14(20)16-8-6-15(7-9-16)12-21-19(23)13-22-11-10-17-4-2-3-5-18(17)22;/h2-11,14H,12-13,20H2,1H3,(H,21,23);1H. The Morgan fingerprint density at radius 1 is 1.12 bits per heavy atom. The van der Waals surface area contributed by atoms with Crippen molar-refractivity contribution in [1.82, 2.24) is 9.88 Å². The highest BCUT2D eigenvalue weighted by molar-refractivity contribution is 5.85. The van der Waals surface area contributed by atoms with Gasteiger partial charge in [0.2, 0.25) is 5.91 Å². The molecule has 0 aliphatic rings. The lowest BCUT2D eigenvalue weighted by atomic mass is 10.1. The van der Waals surface area contributed by atoms with Crippen molar-refractivity contribution in [3.05, 3.63) is 71.9 Å². The molecule has 0 aliphatic carbocycles. The summed E-state index contributed by atoms with van der Waals surface area (Å²) in [4.78, 5) is 12.2. The summed E-state index contributed by atoms with van der Waals surface area (Å²) in [6.07, 6.45) is 1.95. The van der Waals surface area contributed by atoms with E-state index in [4.69, 9.17) is 5.73 Å². The van der Waals surface area contributed by atoms with E-state index < -0.39 is 0 Å². The molecule has 0 bridgehead atoms. The molecule has 3 N–H and O–H groups in total. The first-order valence-corrected chi connectivity index (χ1v) is 7.78. The Kier molecular flexibility index (Phi) is 6.01. The summed E-state index contributed by atoms with van der Waals surface area (Å²) in [5.41, 5.74) is 9.07. The number of aromatic nitrogens is 1. The molecule has 1 heterocycles. The molecule has 24 heavy (non-hydrogen) atoms. The van der Waals surface area contributed by atoms with Crippen molar-refractivity contribution < 1.29 is 4.79 Å². The molecular formula is C19H22ClN3O. The predicted octanol–water partition coefficient (Wildman–Crippen LogP) is 3.40. The third-order valence-electron chi connectivity index (χ3n) is 3.99. The summed E-state index contributed by atoms with van der Waals surface area (Å²) in [6, 6.07) is 18.1. The van der Waals surface area contributed by atoms with E-state index in [0.717, 1.165) is 22.0 Å². The molecule has 0 spiro atoms. The van der Waals surface area contributed by atoms with Crippen LogP contribution in [0.2, 0.25) is 0 Å². The van der Waals surface area contributed by atoms with Crippen LogP contribution in [0.25, 0.3) is 10.9 Å². The van der Waals surface area contributed by atoms with E-state index in [1.165, 1.54) is 0 Å². The zero-order valence-electron chi connectivity index (χ0n) is 13.6. The molecule has 1 unspecified atom stereocenters. The molecule has 2 aromatic carbocycles. The lowest BCUT2D eigenvalue weighted by molar-refractivity contribution is -0.121. The number of amides is 1. The van der Waals surface area contributed by atoms with Gasteiger partial charge >= 0.3 is 0 Å². The number of hydrogen-bond donors (Lipinski definition) is 2. The molecule has 0 saturated carbocycles. The van der Waals surface area contributed by atoms with Crippen LogP contribution >= 0.6 is 12.4 Å². The number of nitrogens with two attached hydrogens (primary N) is 1. The van der Waals surface area contributed by atoms with E-state index >= 15 is 0 Å². The SMILES string of the molecule is CC(N)c1ccc(CNC(=O)Cn2ccc3ccccc32)cc1.Cl. The Morgan fingerprint density at radius 3 is 2.54 bits per heavy atom. The van der Waals surface area contributed by atoms with E-state index in [-0.39, 0.29) is 24.4 Å². The van der Waals surface area contributed by atoms with Crippen LogP contribution in [0.4, 0.5) is 0 Å². The van der Waals surface area contributed by atoms with Crippen molar-refractivity contribution in [3.63, 3.8) is 0 Å². The Labute approximate surface area is 148 Å². The van der Waals surface area contributed by atoms with Gasteiger partial charge in [0.05, 0.1) is 0 Å². The van der Waals surface area contributed by atoms with E-state index in [2.05, 4.69) is 5.32 Å². The van der Waals surface area contributed by atoms with Gasteiger partial charge in [-0.25, -0.2) is 0 Å². The molecular weight excluding hydrogens is 322 g/mol. The van der Waals surface area contributed by atoms with Gasteiger partial charge in [0.15, 0.2) is 0 Å². The summed E-state index contributed by atoms with van der Waals surface area (Å²) in [6.45, 7) is 2.81. The first-order chi connectivity index (χ1) is 11.1. The smallest absolute Gasteiger partial charge is 0.240 e. The molecule has 126 valence electrons. The highest BCUT2D eigenvalue weighted by Gasteiger charge is 2.06. The molecule has 1 atom stereocenters.